The second-order valence-corrected chi connectivity index (χ2v) is 10.5. The highest BCUT2D eigenvalue weighted by molar-refractivity contribution is 7.17. The Hall–Kier alpha value is -3.51. The smallest absolute Gasteiger partial charge is 0.257 e. The maximum absolute atomic E-state index is 13.8. The van der Waals surface area contributed by atoms with Gasteiger partial charge in [-0.1, -0.05) is 61.4 Å². The predicted molar refractivity (Wildman–Crippen MR) is 143 cm³/mol. The van der Waals surface area contributed by atoms with E-state index >= 15 is 0 Å². The molecule has 1 aliphatic carbocycles. The molecule has 0 fully saturated rings. The number of nitrogens with two attached hydrogens (primary N) is 1. The number of para-hydroxylation sites is 1. The molecule has 0 aliphatic heterocycles. The van der Waals surface area contributed by atoms with E-state index < -0.39 is 5.91 Å². The molecule has 1 aliphatic rings. The van der Waals surface area contributed by atoms with E-state index in [1.54, 1.807) is 0 Å². The minimum absolute atomic E-state index is 0.248. The summed E-state index contributed by atoms with van der Waals surface area (Å²) in [5, 5.41) is 4.41. The minimum Gasteiger partial charge on any atom is -0.365 e. The van der Waals surface area contributed by atoms with Crippen LogP contribution in [0.3, 0.4) is 0 Å². The summed E-state index contributed by atoms with van der Waals surface area (Å²) in [4.78, 5) is 32.3. The van der Waals surface area contributed by atoms with E-state index in [-0.39, 0.29) is 5.91 Å². The Morgan fingerprint density at radius 1 is 1.09 bits per heavy atom. The van der Waals surface area contributed by atoms with Crippen LogP contribution in [0.15, 0.2) is 48.5 Å². The normalized spacial score (nSPS) is 15.1. The summed E-state index contributed by atoms with van der Waals surface area (Å²) < 4.78 is 0. The number of rotatable bonds is 5. The van der Waals surface area contributed by atoms with Crippen LogP contribution in [0, 0.1) is 19.8 Å². The van der Waals surface area contributed by atoms with Gasteiger partial charge < -0.3 is 11.1 Å². The number of carbonyl (C=O) groups is 2. The fourth-order valence-corrected chi connectivity index (χ4v) is 6.47. The number of hydrogen-bond donors (Lipinski definition) is 2. The van der Waals surface area contributed by atoms with Crippen LogP contribution in [0.4, 0.5) is 5.00 Å². The molecule has 4 aromatic rings. The molecule has 178 valence electrons. The third-order valence-corrected chi connectivity index (χ3v) is 8.28. The molecule has 2 aromatic heterocycles. The van der Waals surface area contributed by atoms with Gasteiger partial charge in [0.15, 0.2) is 0 Å². The Morgan fingerprint density at radius 3 is 2.54 bits per heavy atom. The van der Waals surface area contributed by atoms with Gasteiger partial charge in [0, 0.05) is 15.8 Å². The van der Waals surface area contributed by atoms with Crippen molar-refractivity contribution in [3.05, 3.63) is 81.2 Å². The van der Waals surface area contributed by atoms with Crippen molar-refractivity contribution >= 4 is 39.1 Å². The second kappa shape index (κ2) is 9.27. The number of thiophene rings is 1. The van der Waals surface area contributed by atoms with Crippen molar-refractivity contribution in [2.24, 2.45) is 11.7 Å². The fourth-order valence-electron chi connectivity index (χ4n) is 5.11. The molecule has 0 spiro atoms. The van der Waals surface area contributed by atoms with E-state index in [9.17, 15) is 9.59 Å². The van der Waals surface area contributed by atoms with Gasteiger partial charge in [-0.15, -0.1) is 11.3 Å². The summed E-state index contributed by atoms with van der Waals surface area (Å²) >= 11 is 1.50. The monoisotopic (exact) mass is 483 g/mol. The number of pyridine rings is 1. The number of nitrogens with zero attached hydrogens (tertiary/aromatic N) is 1. The van der Waals surface area contributed by atoms with Gasteiger partial charge in [0.25, 0.3) is 11.8 Å². The molecule has 3 N–H and O–H groups in total. The molecular formula is C29H29N3O2S. The Bertz CT molecular complexity index is 1450. The highest BCUT2D eigenvalue weighted by atomic mass is 32.1. The van der Waals surface area contributed by atoms with Crippen molar-refractivity contribution in [2.75, 3.05) is 5.32 Å². The highest BCUT2D eigenvalue weighted by Crippen LogP contribution is 2.41. The summed E-state index contributed by atoms with van der Waals surface area (Å²) in [6.45, 7) is 6.18. The molecule has 0 bridgehead atoms. The van der Waals surface area contributed by atoms with Gasteiger partial charge in [-0.3, -0.25) is 9.59 Å². The average molecular weight is 484 g/mol. The third-order valence-electron chi connectivity index (χ3n) is 7.11. The Morgan fingerprint density at radius 2 is 1.83 bits per heavy atom. The van der Waals surface area contributed by atoms with Crippen molar-refractivity contribution < 1.29 is 9.59 Å². The molecule has 0 radical (unpaired) electrons. The van der Waals surface area contributed by atoms with E-state index in [1.165, 1.54) is 16.2 Å². The number of aryl methyl sites for hydroxylation is 1. The number of aromatic nitrogens is 1. The van der Waals surface area contributed by atoms with Crippen LogP contribution in [0.2, 0.25) is 0 Å². The van der Waals surface area contributed by atoms with Gasteiger partial charge in [0.1, 0.15) is 5.00 Å². The van der Waals surface area contributed by atoms with E-state index in [0.29, 0.717) is 22.0 Å². The zero-order valence-corrected chi connectivity index (χ0v) is 21.1. The number of primary amides is 1. The molecule has 6 heteroatoms. The number of fused-ring (bicyclic) bond motifs is 2. The Labute approximate surface area is 209 Å². The van der Waals surface area contributed by atoms with E-state index in [2.05, 4.69) is 12.2 Å². The molecule has 35 heavy (non-hydrogen) atoms. The first-order valence-corrected chi connectivity index (χ1v) is 12.9. The first-order chi connectivity index (χ1) is 16.9. The van der Waals surface area contributed by atoms with Gasteiger partial charge >= 0.3 is 0 Å². The van der Waals surface area contributed by atoms with Crippen molar-refractivity contribution in [1.29, 1.82) is 0 Å². The van der Waals surface area contributed by atoms with Crippen LogP contribution >= 0.6 is 11.3 Å². The first-order valence-electron chi connectivity index (χ1n) is 12.1. The SMILES string of the molecule is CCC1CCc2c(sc(NC(=O)c3c(C)c(-c4ccc(C)cc4)nc4ccccc34)c2C(N)=O)C1. The molecule has 2 heterocycles. The third kappa shape index (κ3) is 4.23. The molecule has 2 aromatic carbocycles. The van der Waals surface area contributed by atoms with Crippen LogP contribution in [0.1, 0.15) is 62.0 Å². The van der Waals surface area contributed by atoms with Crippen LogP contribution in [0.25, 0.3) is 22.2 Å². The molecule has 5 rings (SSSR count). The number of nitrogens with one attached hydrogen (secondary N) is 1. The molecule has 0 saturated heterocycles. The number of benzene rings is 2. The highest BCUT2D eigenvalue weighted by Gasteiger charge is 2.29. The quantitative estimate of drug-likeness (QED) is 0.342. The lowest BCUT2D eigenvalue weighted by Gasteiger charge is -2.20. The number of amides is 2. The van der Waals surface area contributed by atoms with Gasteiger partial charge in [-0.2, -0.15) is 0 Å². The van der Waals surface area contributed by atoms with Gasteiger partial charge in [0.05, 0.1) is 22.3 Å². The number of hydrogen-bond acceptors (Lipinski definition) is 4. The first kappa shape index (κ1) is 23.2. The average Bonchev–Trinajstić information content (AvgIpc) is 3.21. The summed E-state index contributed by atoms with van der Waals surface area (Å²) in [7, 11) is 0. The summed E-state index contributed by atoms with van der Waals surface area (Å²) in [5.74, 6) is -0.124. The molecule has 2 amide bonds. The minimum atomic E-state index is -0.482. The molecular weight excluding hydrogens is 454 g/mol. The summed E-state index contributed by atoms with van der Waals surface area (Å²) in [5.41, 5.74) is 12.3. The Balaban J connectivity index is 1.61. The standard InChI is InChI=1S/C29H29N3O2S/c1-4-18-11-14-21-23(15-18)35-29(25(21)27(30)33)32-28(34)24-17(3)26(19-12-9-16(2)10-13-19)31-22-8-6-5-7-20(22)24/h5-10,12-13,18H,4,11,14-15H2,1-3H3,(H2,30,33)(H,32,34). The molecule has 5 nitrogen and oxygen atoms in total. The van der Waals surface area contributed by atoms with E-state index in [0.717, 1.165) is 64.5 Å². The van der Waals surface area contributed by atoms with Gasteiger partial charge in [-0.25, -0.2) is 4.98 Å². The summed E-state index contributed by atoms with van der Waals surface area (Å²) in [6, 6.07) is 15.8. The lowest BCUT2D eigenvalue weighted by atomic mass is 9.85. The van der Waals surface area contributed by atoms with Crippen LogP contribution in [0.5, 0.6) is 0 Å². The summed E-state index contributed by atoms with van der Waals surface area (Å²) in [6.07, 6.45) is 3.91. The van der Waals surface area contributed by atoms with Crippen LogP contribution in [-0.4, -0.2) is 16.8 Å². The topological polar surface area (TPSA) is 85.1 Å². The van der Waals surface area contributed by atoms with Crippen molar-refractivity contribution in [3.63, 3.8) is 0 Å². The van der Waals surface area contributed by atoms with E-state index in [4.69, 9.17) is 10.7 Å². The zero-order valence-electron chi connectivity index (χ0n) is 20.3. The van der Waals surface area contributed by atoms with Crippen molar-refractivity contribution in [3.8, 4) is 11.3 Å². The van der Waals surface area contributed by atoms with Crippen molar-refractivity contribution in [1.82, 2.24) is 4.98 Å². The number of carbonyl (C=O) groups excluding carboxylic acids is 2. The molecule has 1 atom stereocenters. The molecule has 1 unspecified atom stereocenters. The lowest BCUT2D eigenvalue weighted by molar-refractivity contribution is 0.1000. The second-order valence-electron chi connectivity index (χ2n) is 9.39. The van der Waals surface area contributed by atoms with Gasteiger partial charge in [0.2, 0.25) is 0 Å². The van der Waals surface area contributed by atoms with Crippen LogP contribution in [-0.2, 0) is 12.8 Å². The number of anilines is 1. The largest absolute Gasteiger partial charge is 0.365 e. The van der Waals surface area contributed by atoms with Gasteiger partial charge in [-0.05, 0) is 56.2 Å². The Kier molecular flexibility index (Phi) is 6.15. The fraction of sp³-hybridized carbons (Fsp3) is 0.276. The molecule has 0 saturated carbocycles. The van der Waals surface area contributed by atoms with Crippen molar-refractivity contribution in [2.45, 2.75) is 46.5 Å². The predicted octanol–water partition coefficient (Wildman–Crippen LogP) is 6.45. The maximum atomic E-state index is 13.8. The van der Waals surface area contributed by atoms with E-state index in [1.807, 2.05) is 62.4 Å². The maximum Gasteiger partial charge on any atom is 0.257 e. The zero-order chi connectivity index (χ0) is 24.7. The lowest BCUT2D eigenvalue weighted by Crippen LogP contribution is -2.20. The van der Waals surface area contributed by atoms with Crippen LogP contribution < -0.4 is 11.1 Å².